The Hall–Kier alpha value is -3.90. The lowest BCUT2D eigenvalue weighted by molar-refractivity contribution is 0.222. The molecule has 15 heteroatoms. The zero-order chi connectivity index (χ0) is 31.9. The van der Waals surface area contributed by atoms with Gasteiger partial charge in [0.2, 0.25) is 12.2 Å². The topological polar surface area (TPSA) is 136 Å². The third-order valence-electron chi connectivity index (χ3n) is 5.87. The number of hydrogen-bond donors (Lipinski definition) is 2. The molecule has 2 N–H and O–H groups in total. The van der Waals surface area contributed by atoms with Gasteiger partial charge in [-0.3, -0.25) is 10.6 Å². The van der Waals surface area contributed by atoms with E-state index < -0.39 is 16.8 Å². The maximum Gasteiger partial charge on any atom is 0.424 e. The zero-order valence-electron chi connectivity index (χ0n) is 23.2. The molecule has 0 bridgehead atoms. The van der Waals surface area contributed by atoms with Gasteiger partial charge < -0.3 is 8.37 Å². The third kappa shape index (κ3) is 12.2. The van der Waals surface area contributed by atoms with Crippen LogP contribution in [0.5, 0.6) is 0 Å². The van der Waals surface area contributed by atoms with Crippen molar-refractivity contribution in [1.29, 1.82) is 0 Å². The van der Waals surface area contributed by atoms with E-state index in [4.69, 9.17) is 8.37 Å². The normalized spacial score (nSPS) is 10.8. The van der Waals surface area contributed by atoms with E-state index in [1.54, 1.807) is 54.8 Å². The van der Waals surface area contributed by atoms with Crippen molar-refractivity contribution in [2.45, 2.75) is 12.8 Å². The Bertz CT molecular complexity index is 1690. The molecule has 0 fully saturated rings. The summed E-state index contributed by atoms with van der Waals surface area (Å²) in [6, 6.07) is 29.3. The molecule has 225 valence electrons. The summed E-state index contributed by atoms with van der Waals surface area (Å²) in [5.41, 5.74) is 6.48. The summed E-state index contributed by atoms with van der Waals surface area (Å²) < 4.78 is 9.40. The van der Waals surface area contributed by atoms with Gasteiger partial charge in [-0.25, -0.2) is 19.2 Å². The molecule has 0 aromatic heterocycles. The van der Waals surface area contributed by atoms with Gasteiger partial charge in [-0.2, -0.15) is 9.98 Å². The van der Waals surface area contributed by atoms with Crippen LogP contribution in [0.15, 0.2) is 107 Å². The van der Waals surface area contributed by atoms with Crippen LogP contribution >= 0.6 is 50.2 Å². The fraction of sp³-hybridized carbons (Fsp3) is 0.0667. The van der Waals surface area contributed by atoms with E-state index in [9.17, 15) is 19.2 Å². The molecule has 0 aliphatic carbocycles. The molecule has 4 rings (SSSR count). The number of hydrogen-bond acceptors (Lipinski definition) is 10. The summed E-state index contributed by atoms with van der Waals surface area (Å²) in [5.74, 6) is 0. The number of nitrogens with one attached hydrogen (secondary N) is 2. The molecule has 1 unspecified atom stereocenters. The van der Waals surface area contributed by atoms with Gasteiger partial charge in [0.15, 0.2) is 0 Å². The predicted octanol–water partition coefficient (Wildman–Crippen LogP) is 9.18. The molecule has 45 heavy (non-hydrogen) atoms. The van der Waals surface area contributed by atoms with E-state index in [0.29, 0.717) is 35.6 Å². The summed E-state index contributed by atoms with van der Waals surface area (Å²) in [7, 11) is 0. The number of nitrogens with zero attached hydrogens (tertiary/aromatic N) is 2. The maximum absolute atomic E-state index is 12.2. The van der Waals surface area contributed by atoms with E-state index in [0.717, 1.165) is 45.8 Å². The Morgan fingerprint density at radius 3 is 1.44 bits per heavy atom. The molecule has 1 radical (unpaired) electrons. The highest BCUT2D eigenvalue weighted by molar-refractivity contribution is 14.2. The van der Waals surface area contributed by atoms with E-state index in [1.807, 2.05) is 48.5 Å². The quantitative estimate of drug-likeness (QED) is 0.0344. The van der Waals surface area contributed by atoms with Crippen molar-refractivity contribution >= 4 is 104 Å². The third-order valence-corrected chi connectivity index (χ3v) is 12.4. The van der Waals surface area contributed by atoms with Crippen LogP contribution in [0, 0.1) is 0 Å². The standard InChI is InChI=1S/C30H22BIN4O6PS2/c32-43(45-42-30(40)36-28-15-7-24(8-16-28)18-22-3-11-26(12-4-22)34-20-38)31-44-41-29(39)35-27-13-5-23(6-14-27)17-21-1-9-25(10-2-21)33-19-37/h1-16H,17-18H2,(H,35,39)(H,36,40). The lowest BCUT2D eigenvalue weighted by atomic mass is 10.0. The van der Waals surface area contributed by atoms with Crippen LogP contribution in [-0.2, 0) is 30.8 Å². The summed E-state index contributed by atoms with van der Waals surface area (Å²) in [4.78, 5) is 52.2. The summed E-state index contributed by atoms with van der Waals surface area (Å²) >= 11 is 3.93. The molecular formula is C30H22BIN4O6PS2. The Balaban J connectivity index is 1.10. The number of carbonyl (C=O) groups is 2. The summed E-state index contributed by atoms with van der Waals surface area (Å²) in [5, 5.41) is 5.34. The van der Waals surface area contributed by atoms with Crippen molar-refractivity contribution in [3.63, 3.8) is 0 Å². The molecule has 0 spiro atoms. The first-order chi connectivity index (χ1) is 21.9. The smallest absolute Gasteiger partial charge is 0.387 e. The van der Waals surface area contributed by atoms with Gasteiger partial charge in [0.25, 0.3) is 0 Å². The molecule has 0 saturated heterocycles. The average molecular weight is 767 g/mol. The number of isocyanates is 2. The minimum Gasteiger partial charge on any atom is -0.387 e. The average Bonchev–Trinajstić information content (AvgIpc) is 3.04. The van der Waals surface area contributed by atoms with Gasteiger partial charge >= 0.3 is 18.5 Å². The monoisotopic (exact) mass is 767 g/mol. The van der Waals surface area contributed by atoms with Crippen molar-refractivity contribution in [3.8, 4) is 0 Å². The largest absolute Gasteiger partial charge is 0.424 e. The molecule has 0 heterocycles. The van der Waals surface area contributed by atoms with Crippen molar-refractivity contribution in [3.05, 3.63) is 119 Å². The molecule has 10 nitrogen and oxygen atoms in total. The molecule has 0 saturated carbocycles. The molecular weight excluding hydrogens is 745 g/mol. The second kappa shape index (κ2) is 18.2. The van der Waals surface area contributed by atoms with Gasteiger partial charge in [0.05, 0.1) is 23.0 Å². The molecule has 1 atom stereocenters. The fourth-order valence-corrected chi connectivity index (χ4v) is 7.33. The first kappa shape index (κ1) is 34.0. The van der Waals surface area contributed by atoms with E-state index in [-0.39, 0.29) is 0 Å². The van der Waals surface area contributed by atoms with Crippen molar-refractivity contribution in [1.82, 2.24) is 0 Å². The Labute approximate surface area is 282 Å². The minimum absolute atomic E-state index is 0.553. The number of anilines is 2. The van der Waals surface area contributed by atoms with Crippen LogP contribution in [0.1, 0.15) is 22.3 Å². The number of aliphatic imine (C=N–C) groups is 2. The van der Waals surface area contributed by atoms with Crippen LogP contribution in [0.2, 0.25) is 0 Å². The lowest BCUT2D eigenvalue weighted by Gasteiger charge is -2.10. The number of carbonyl (C=O) groups excluding carboxylic acids is 4. The Kier molecular flexibility index (Phi) is 13.7. The van der Waals surface area contributed by atoms with Gasteiger partial charge in [0, 0.05) is 27.9 Å². The highest BCUT2D eigenvalue weighted by Crippen LogP contribution is 2.58. The fourth-order valence-electron chi connectivity index (χ4n) is 3.83. The molecule has 0 aliphatic heterocycles. The van der Waals surface area contributed by atoms with Crippen LogP contribution < -0.4 is 10.6 Å². The minimum atomic E-state index is -0.966. The van der Waals surface area contributed by atoms with Crippen molar-refractivity contribution in [2.24, 2.45) is 9.98 Å². The second-order valence-electron chi connectivity index (χ2n) is 9.03. The van der Waals surface area contributed by atoms with Crippen LogP contribution in [-0.4, -0.2) is 30.6 Å². The predicted molar refractivity (Wildman–Crippen MR) is 189 cm³/mol. The molecule has 2 amide bonds. The Morgan fingerprint density at radius 2 is 1.04 bits per heavy atom. The molecule has 4 aromatic rings. The van der Waals surface area contributed by atoms with Gasteiger partial charge in [0.1, 0.15) is 0 Å². The van der Waals surface area contributed by atoms with Crippen molar-refractivity contribution < 1.29 is 27.5 Å². The van der Waals surface area contributed by atoms with Crippen LogP contribution in [0.4, 0.5) is 32.3 Å². The van der Waals surface area contributed by atoms with Gasteiger partial charge in [-0.15, -0.1) is 0 Å². The number of rotatable bonds is 13. The number of amides is 2. The highest BCUT2D eigenvalue weighted by Gasteiger charge is 2.15. The summed E-state index contributed by atoms with van der Waals surface area (Å²) in [6.07, 6.45) is 4.83. The Morgan fingerprint density at radius 1 is 0.667 bits per heavy atom. The summed E-state index contributed by atoms with van der Waals surface area (Å²) in [6.45, 7) is 0. The first-order valence-electron chi connectivity index (χ1n) is 13.0. The van der Waals surface area contributed by atoms with Gasteiger partial charge in [-0.05, 0) is 106 Å². The van der Waals surface area contributed by atoms with Crippen LogP contribution in [0.3, 0.4) is 0 Å². The highest BCUT2D eigenvalue weighted by atomic mass is 127. The number of benzene rings is 4. The molecule has 4 aromatic carbocycles. The lowest BCUT2D eigenvalue weighted by Crippen LogP contribution is -2.10. The van der Waals surface area contributed by atoms with Crippen LogP contribution in [0.25, 0.3) is 0 Å². The van der Waals surface area contributed by atoms with E-state index in [2.05, 4.69) is 42.7 Å². The van der Waals surface area contributed by atoms with E-state index in [1.165, 1.54) is 12.2 Å². The molecule has 0 aliphatic rings. The van der Waals surface area contributed by atoms with E-state index >= 15 is 0 Å². The van der Waals surface area contributed by atoms with Gasteiger partial charge in [-0.1, -0.05) is 48.5 Å². The SMILES string of the molecule is O=C=Nc1ccc(Cc2ccc(NC(=O)OS[B]P(I)SOC(=O)Nc3ccc(Cc4ccc(N=C=O)cc4)cc3)cc2)cc1. The zero-order valence-corrected chi connectivity index (χ0v) is 27.9. The number of halogens is 1. The first-order valence-corrected chi connectivity index (χ1v) is 19.3. The second-order valence-corrected chi connectivity index (χ2v) is 17.8. The maximum atomic E-state index is 12.2. The van der Waals surface area contributed by atoms with Crippen molar-refractivity contribution in [2.75, 3.05) is 10.6 Å².